The van der Waals surface area contributed by atoms with Crippen LogP contribution in [0.2, 0.25) is 0 Å². The number of aliphatic carboxylic acids is 1. The van der Waals surface area contributed by atoms with Crippen LogP contribution >= 0.6 is 11.8 Å². The third-order valence-corrected chi connectivity index (χ3v) is 3.86. The third-order valence-electron chi connectivity index (χ3n) is 2.34. The molecule has 4 heteroatoms. The van der Waals surface area contributed by atoms with E-state index in [2.05, 4.69) is 0 Å². The van der Waals surface area contributed by atoms with Gasteiger partial charge in [-0.2, -0.15) is 0 Å². The van der Waals surface area contributed by atoms with E-state index in [0.717, 1.165) is 11.8 Å². The number of hydrogen-bond acceptors (Lipinski definition) is 3. The van der Waals surface area contributed by atoms with Crippen molar-refractivity contribution in [2.24, 2.45) is 5.92 Å². The highest BCUT2D eigenvalue weighted by atomic mass is 32.2. The molecule has 0 aliphatic heterocycles. The van der Waals surface area contributed by atoms with Gasteiger partial charge in [0.1, 0.15) is 0 Å². The number of ketones is 1. The van der Waals surface area contributed by atoms with Crippen LogP contribution < -0.4 is 0 Å². The molecule has 0 aromatic carbocycles. The number of thioether (sulfide) groups is 1. The summed E-state index contributed by atoms with van der Waals surface area (Å²) in [5.41, 5.74) is 0. The topological polar surface area (TPSA) is 54.4 Å². The van der Waals surface area contributed by atoms with Gasteiger partial charge < -0.3 is 5.11 Å². The maximum absolute atomic E-state index is 11.8. The summed E-state index contributed by atoms with van der Waals surface area (Å²) in [5.74, 6) is -1.37. The molecule has 0 radical (unpaired) electrons. The number of carbonyl (C=O) groups is 2. The van der Waals surface area contributed by atoms with Gasteiger partial charge in [-0.05, 0) is 18.6 Å². The predicted molar refractivity (Wildman–Crippen MR) is 58.6 cm³/mol. The van der Waals surface area contributed by atoms with Crippen molar-refractivity contribution in [3.8, 4) is 0 Å². The molecule has 14 heavy (non-hydrogen) atoms. The molecule has 1 N–H and O–H groups in total. The Morgan fingerprint density at radius 3 is 2.14 bits per heavy atom. The van der Waals surface area contributed by atoms with Crippen LogP contribution in [0.4, 0.5) is 0 Å². The van der Waals surface area contributed by atoms with Crippen LogP contribution in [0.5, 0.6) is 0 Å². The summed E-state index contributed by atoms with van der Waals surface area (Å²) >= 11 is 1.13. The van der Waals surface area contributed by atoms with Crippen LogP contribution in [0, 0.1) is 5.92 Å². The van der Waals surface area contributed by atoms with Crippen molar-refractivity contribution in [1.29, 1.82) is 0 Å². The number of hydrogen-bond donors (Lipinski definition) is 1. The van der Waals surface area contributed by atoms with Crippen molar-refractivity contribution in [3.63, 3.8) is 0 Å². The first-order valence-electron chi connectivity index (χ1n) is 4.75. The van der Waals surface area contributed by atoms with Gasteiger partial charge in [-0.15, -0.1) is 11.8 Å². The fraction of sp³-hybridized carbons (Fsp3) is 0.800. The molecule has 0 aromatic heterocycles. The first-order valence-corrected chi connectivity index (χ1v) is 5.97. The van der Waals surface area contributed by atoms with E-state index in [1.165, 1.54) is 0 Å². The average Bonchev–Trinajstić information content (AvgIpc) is 2.05. The minimum absolute atomic E-state index is 0.171. The number of carboxylic acids is 1. The first-order chi connectivity index (χ1) is 6.43. The molecule has 0 amide bonds. The summed E-state index contributed by atoms with van der Waals surface area (Å²) in [4.78, 5) is 22.9. The molecule has 0 aromatic rings. The number of carbonyl (C=O) groups excluding carboxylic acids is 1. The van der Waals surface area contributed by atoms with Crippen molar-refractivity contribution in [1.82, 2.24) is 0 Å². The van der Waals surface area contributed by atoms with E-state index in [1.54, 1.807) is 20.1 Å². The number of rotatable bonds is 6. The Morgan fingerprint density at radius 1 is 1.43 bits per heavy atom. The van der Waals surface area contributed by atoms with Crippen LogP contribution in [-0.2, 0) is 9.59 Å². The second-order valence-corrected chi connectivity index (χ2v) is 4.63. The van der Waals surface area contributed by atoms with Gasteiger partial charge >= 0.3 is 5.97 Å². The van der Waals surface area contributed by atoms with E-state index in [1.807, 2.05) is 6.92 Å². The Kier molecular flexibility index (Phi) is 5.19. The highest BCUT2D eigenvalue weighted by Gasteiger charge is 2.47. The van der Waals surface area contributed by atoms with E-state index in [0.29, 0.717) is 12.8 Å². The van der Waals surface area contributed by atoms with Crippen LogP contribution in [0.15, 0.2) is 0 Å². The highest BCUT2D eigenvalue weighted by Crippen LogP contribution is 2.34. The molecular weight excluding hydrogens is 200 g/mol. The molecule has 0 heterocycles. The van der Waals surface area contributed by atoms with Crippen LogP contribution in [0.25, 0.3) is 0 Å². The fourth-order valence-electron chi connectivity index (χ4n) is 1.54. The normalized spacial score (nSPS) is 15.2. The molecule has 0 aliphatic carbocycles. The lowest BCUT2D eigenvalue weighted by Gasteiger charge is -2.29. The maximum Gasteiger partial charge on any atom is 0.327 e. The minimum atomic E-state index is -1.25. The third kappa shape index (κ3) is 2.29. The Hall–Kier alpha value is -0.510. The zero-order valence-electron chi connectivity index (χ0n) is 9.16. The molecule has 0 aliphatic rings. The van der Waals surface area contributed by atoms with E-state index in [-0.39, 0.29) is 11.7 Å². The monoisotopic (exact) mass is 218 g/mol. The Balaban J connectivity index is 5.04. The van der Waals surface area contributed by atoms with Gasteiger partial charge in [-0.3, -0.25) is 9.59 Å². The highest BCUT2D eigenvalue weighted by molar-refractivity contribution is 8.01. The first kappa shape index (κ1) is 13.5. The van der Waals surface area contributed by atoms with E-state index >= 15 is 0 Å². The zero-order chi connectivity index (χ0) is 11.4. The summed E-state index contributed by atoms with van der Waals surface area (Å²) < 4.78 is -1.25. The Morgan fingerprint density at radius 2 is 1.93 bits per heavy atom. The van der Waals surface area contributed by atoms with Gasteiger partial charge in [0.05, 0.1) is 0 Å². The molecule has 82 valence electrons. The summed E-state index contributed by atoms with van der Waals surface area (Å²) in [5, 5.41) is 9.15. The second kappa shape index (κ2) is 5.39. The molecule has 1 atom stereocenters. The van der Waals surface area contributed by atoms with Gasteiger partial charge in [-0.1, -0.05) is 20.8 Å². The van der Waals surface area contributed by atoms with Crippen LogP contribution in [0.3, 0.4) is 0 Å². The van der Waals surface area contributed by atoms with Gasteiger partial charge in [0.15, 0.2) is 10.5 Å². The molecule has 0 bridgehead atoms. The maximum atomic E-state index is 11.8. The molecule has 0 rings (SSSR count). The molecule has 0 fully saturated rings. The van der Waals surface area contributed by atoms with Crippen LogP contribution in [0.1, 0.15) is 33.6 Å². The lowest BCUT2D eigenvalue weighted by atomic mass is 9.88. The standard InChI is InChI=1S/C10H18O3S/c1-5-6-8(11)10(14-4,7(2)3)9(12)13/h7H,5-6H2,1-4H3,(H,12,13). The largest absolute Gasteiger partial charge is 0.480 e. The van der Waals surface area contributed by atoms with Gasteiger partial charge in [0, 0.05) is 6.42 Å². The Bertz CT molecular complexity index is 225. The van der Waals surface area contributed by atoms with Crippen molar-refractivity contribution in [2.75, 3.05) is 6.26 Å². The average molecular weight is 218 g/mol. The molecule has 0 saturated heterocycles. The fourth-order valence-corrected chi connectivity index (χ4v) is 2.51. The summed E-state index contributed by atoms with van der Waals surface area (Å²) in [7, 11) is 0. The molecule has 0 spiro atoms. The van der Waals surface area contributed by atoms with Crippen molar-refractivity contribution in [3.05, 3.63) is 0 Å². The lowest BCUT2D eigenvalue weighted by Crippen LogP contribution is -2.47. The lowest BCUT2D eigenvalue weighted by molar-refractivity contribution is -0.145. The quantitative estimate of drug-likeness (QED) is 0.694. The molecular formula is C10H18O3S. The second-order valence-electron chi connectivity index (χ2n) is 3.57. The minimum Gasteiger partial charge on any atom is -0.480 e. The van der Waals surface area contributed by atoms with Gasteiger partial charge in [-0.25, -0.2) is 0 Å². The van der Waals surface area contributed by atoms with Gasteiger partial charge in [0.2, 0.25) is 0 Å². The molecule has 0 saturated carbocycles. The van der Waals surface area contributed by atoms with E-state index in [9.17, 15) is 9.59 Å². The Labute approximate surface area is 89.3 Å². The predicted octanol–water partition coefficient (Wildman–Crippen LogP) is 2.20. The number of Topliss-reactive ketones (excluding diaryl/α,β-unsaturated/α-hetero) is 1. The van der Waals surface area contributed by atoms with E-state index < -0.39 is 10.7 Å². The molecule has 1 unspecified atom stereocenters. The summed E-state index contributed by atoms with van der Waals surface area (Å²) in [6.45, 7) is 5.43. The van der Waals surface area contributed by atoms with Crippen molar-refractivity contribution in [2.45, 2.75) is 38.4 Å². The van der Waals surface area contributed by atoms with Crippen molar-refractivity contribution < 1.29 is 14.7 Å². The van der Waals surface area contributed by atoms with Gasteiger partial charge in [0.25, 0.3) is 0 Å². The summed E-state index contributed by atoms with van der Waals surface area (Å²) in [6, 6.07) is 0. The van der Waals surface area contributed by atoms with E-state index in [4.69, 9.17) is 5.11 Å². The van der Waals surface area contributed by atoms with Crippen molar-refractivity contribution >= 4 is 23.5 Å². The molecule has 3 nitrogen and oxygen atoms in total. The number of carboxylic acid groups (broad SMARTS) is 1. The zero-order valence-corrected chi connectivity index (χ0v) is 9.98. The summed E-state index contributed by atoms with van der Waals surface area (Å²) in [6.07, 6.45) is 2.72. The van der Waals surface area contributed by atoms with Crippen LogP contribution in [-0.4, -0.2) is 27.9 Å². The smallest absolute Gasteiger partial charge is 0.327 e. The SMILES string of the molecule is CCCC(=O)C(SC)(C(=O)O)C(C)C.